The number of nitrogens with zero attached hydrogens (tertiary/aromatic N) is 3. The summed E-state index contributed by atoms with van der Waals surface area (Å²) in [6, 6.07) is 15.7. The average molecular weight is 402 g/mol. The SMILES string of the molecule is COc1ccc(SCC(=O)N(CCN(C)C)c2nc3ccccc3s2)cc1. The zero-order chi connectivity index (χ0) is 19.2. The molecular formula is C20H23N3O2S2. The molecule has 27 heavy (non-hydrogen) atoms. The highest BCUT2D eigenvalue weighted by Gasteiger charge is 2.20. The van der Waals surface area contributed by atoms with Gasteiger partial charge in [0, 0.05) is 18.0 Å². The zero-order valence-corrected chi connectivity index (χ0v) is 17.3. The summed E-state index contributed by atoms with van der Waals surface area (Å²) in [4.78, 5) is 22.6. The molecule has 0 aliphatic rings. The van der Waals surface area contributed by atoms with Crippen LogP contribution in [-0.4, -0.2) is 55.8 Å². The first-order chi connectivity index (χ1) is 13.1. The molecule has 0 bridgehead atoms. The molecule has 0 spiro atoms. The molecule has 0 aliphatic carbocycles. The molecule has 3 rings (SSSR count). The summed E-state index contributed by atoms with van der Waals surface area (Å²) >= 11 is 3.09. The van der Waals surface area contributed by atoms with E-state index in [9.17, 15) is 4.79 Å². The number of rotatable bonds is 8. The third kappa shape index (κ3) is 5.22. The first-order valence-corrected chi connectivity index (χ1v) is 10.4. The summed E-state index contributed by atoms with van der Waals surface area (Å²) < 4.78 is 6.27. The van der Waals surface area contributed by atoms with E-state index in [1.54, 1.807) is 23.3 Å². The highest BCUT2D eigenvalue weighted by Crippen LogP contribution is 2.29. The summed E-state index contributed by atoms with van der Waals surface area (Å²) in [5.41, 5.74) is 0.933. The van der Waals surface area contributed by atoms with Crippen LogP contribution in [0.1, 0.15) is 0 Å². The van der Waals surface area contributed by atoms with Crippen molar-refractivity contribution in [3.8, 4) is 5.75 Å². The molecule has 3 aromatic rings. The molecule has 0 fully saturated rings. The highest BCUT2D eigenvalue weighted by atomic mass is 32.2. The Kier molecular flexibility index (Phi) is 6.71. The number of benzene rings is 2. The molecule has 0 N–H and O–H groups in total. The first-order valence-electron chi connectivity index (χ1n) is 8.64. The van der Waals surface area contributed by atoms with Crippen LogP contribution in [0.3, 0.4) is 0 Å². The lowest BCUT2D eigenvalue weighted by Crippen LogP contribution is -2.37. The Hall–Kier alpha value is -2.09. The Morgan fingerprint density at radius 1 is 1.11 bits per heavy atom. The summed E-state index contributed by atoms with van der Waals surface area (Å²) in [6.45, 7) is 1.41. The number of fused-ring (bicyclic) bond motifs is 1. The van der Waals surface area contributed by atoms with Gasteiger partial charge in [0.1, 0.15) is 5.75 Å². The Morgan fingerprint density at radius 2 is 1.85 bits per heavy atom. The van der Waals surface area contributed by atoms with E-state index in [1.165, 1.54) is 11.8 Å². The van der Waals surface area contributed by atoms with Crippen LogP contribution in [0.4, 0.5) is 5.13 Å². The number of amides is 1. The van der Waals surface area contributed by atoms with Gasteiger partial charge in [-0.15, -0.1) is 11.8 Å². The Morgan fingerprint density at radius 3 is 2.52 bits per heavy atom. The van der Waals surface area contributed by atoms with Gasteiger partial charge in [0.15, 0.2) is 5.13 Å². The molecule has 1 heterocycles. The minimum absolute atomic E-state index is 0.0664. The van der Waals surface area contributed by atoms with Crippen LogP contribution in [0.5, 0.6) is 5.75 Å². The van der Waals surface area contributed by atoms with E-state index in [-0.39, 0.29) is 5.91 Å². The van der Waals surface area contributed by atoms with Gasteiger partial charge in [-0.25, -0.2) is 4.98 Å². The molecular weight excluding hydrogens is 378 g/mol. The third-order valence-corrected chi connectivity index (χ3v) is 6.06. The van der Waals surface area contributed by atoms with Crippen molar-refractivity contribution in [2.45, 2.75) is 4.90 Å². The van der Waals surface area contributed by atoms with Gasteiger partial charge in [-0.1, -0.05) is 23.5 Å². The molecule has 0 radical (unpaired) electrons. The van der Waals surface area contributed by atoms with Gasteiger partial charge in [-0.05, 0) is 50.5 Å². The number of thiazole rings is 1. The van der Waals surface area contributed by atoms with Crippen molar-refractivity contribution < 1.29 is 9.53 Å². The molecule has 142 valence electrons. The van der Waals surface area contributed by atoms with Crippen molar-refractivity contribution in [2.24, 2.45) is 0 Å². The second-order valence-corrected chi connectivity index (χ2v) is 8.33. The van der Waals surface area contributed by atoms with Crippen LogP contribution in [0.15, 0.2) is 53.4 Å². The van der Waals surface area contributed by atoms with Gasteiger partial charge < -0.3 is 9.64 Å². The number of anilines is 1. The number of carbonyl (C=O) groups excluding carboxylic acids is 1. The maximum Gasteiger partial charge on any atom is 0.239 e. The van der Waals surface area contributed by atoms with Crippen LogP contribution >= 0.6 is 23.1 Å². The maximum absolute atomic E-state index is 13.0. The molecule has 0 unspecified atom stereocenters. The van der Waals surface area contributed by atoms with Gasteiger partial charge in [-0.2, -0.15) is 0 Å². The predicted octanol–water partition coefficient (Wildman–Crippen LogP) is 3.99. The van der Waals surface area contributed by atoms with Crippen LogP contribution in [0.2, 0.25) is 0 Å². The lowest BCUT2D eigenvalue weighted by atomic mass is 10.3. The molecule has 0 saturated carbocycles. The van der Waals surface area contributed by atoms with Gasteiger partial charge in [0.05, 0.1) is 23.1 Å². The average Bonchev–Trinajstić information content (AvgIpc) is 3.10. The molecule has 7 heteroatoms. The predicted molar refractivity (Wildman–Crippen MR) is 114 cm³/mol. The molecule has 1 aromatic heterocycles. The number of hydrogen-bond acceptors (Lipinski definition) is 6. The summed E-state index contributed by atoms with van der Waals surface area (Å²) in [5, 5.41) is 0.762. The Labute approximate surface area is 168 Å². The second kappa shape index (κ2) is 9.21. The van der Waals surface area contributed by atoms with Crippen molar-refractivity contribution in [3.63, 3.8) is 0 Å². The lowest BCUT2D eigenvalue weighted by Gasteiger charge is -2.21. The van der Waals surface area contributed by atoms with Gasteiger partial charge in [0.25, 0.3) is 0 Å². The number of aromatic nitrogens is 1. The third-order valence-electron chi connectivity index (χ3n) is 4.01. The summed E-state index contributed by atoms with van der Waals surface area (Å²) in [7, 11) is 5.66. The number of thioether (sulfide) groups is 1. The number of methoxy groups -OCH3 is 1. The maximum atomic E-state index is 13.0. The minimum Gasteiger partial charge on any atom is -0.497 e. The molecule has 0 aliphatic heterocycles. The van der Waals surface area contributed by atoms with Crippen LogP contribution < -0.4 is 9.64 Å². The van der Waals surface area contributed by atoms with Gasteiger partial charge in [-0.3, -0.25) is 9.69 Å². The molecule has 2 aromatic carbocycles. The molecule has 1 amide bonds. The van der Waals surface area contributed by atoms with Crippen LogP contribution in [-0.2, 0) is 4.79 Å². The van der Waals surface area contributed by atoms with Crippen molar-refractivity contribution in [2.75, 3.05) is 44.9 Å². The largest absolute Gasteiger partial charge is 0.497 e. The first kappa shape index (κ1) is 19.7. The standard InChI is InChI=1S/C20H23N3O2S2/c1-22(2)12-13-23(20-21-17-6-4-5-7-18(17)27-20)19(24)14-26-16-10-8-15(25-3)9-11-16/h4-11H,12-14H2,1-3H3. The van der Waals surface area contributed by atoms with Crippen molar-refractivity contribution in [3.05, 3.63) is 48.5 Å². The van der Waals surface area contributed by atoms with E-state index in [1.807, 2.05) is 62.6 Å². The van der Waals surface area contributed by atoms with E-state index in [4.69, 9.17) is 4.74 Å². The van der Waals surface area contributed by atoms with E-state index in [2.05, 4.69) is 9.88 Å². The summed E-state index contributed by atoms with van der Waals surface area (Å²) in [6.07, 6.45) is 0. The highest BCUT2D eigenvalue weighted by molar-refractivity contribution is 8.00. The fraction of sp³-hybridized carbons (Fsp3) is 0.300. The smallest absolute Gasteiger partial charge is 0.239 e. The summed E-state index contributed by atoms with van der Waals surface area (Å²) in [5.74, 6) is 1.25. The van der Waals surface area contributed by atoms with Crippen molar-refractivity contribution in [1.82, 2.24) is 9.88 Å². The zero-order valence-electron chi connectivity index (χ0n) is 15.7. The fourth-order valence-corrected chi connectivity index (χ4v) is 4.28. The minimum atomic E-state index is 0.0664. The lowest BCUT2D eigenvalue weighted by molar-refractivity contribution is -0.116. The topological polar surface area (TPSA) is 45.7 Å². The van der Waals surface area contributed by atoms with Gasteiger partial charge in [0.2, 0.25) is 5.91 Å². The number of para-hydroxylation sites is 1. The fourth-order valence-electron chi connectivity index (χ4n) is 2.50. The monoisotopic (exact) mass is 401 g/mol. The van der Waals surface area contributed by atoms with Crippen molar-refractivity contribution in [1.29, 1.82) is 0 Å². The van der Waals surface area contributed by atoms with E-state index < -0.39 is 0 Å². The Balaban J connectivity index is 1.73. The quantitative estimate of drug-likeness (QED) is 0.534. The number of hydrogen-bond donors (Lipinski definition) is 0. The Bertz CT molecular complexity index is 861. The normalized spacial score (nSPS) is 11.1. The van der Waals surface area contributed by atoms with Gasteiger partial charge >= 0.3 is 0 Å². The van der Waals surface area contributed by atoms with E-state index in [0.717, 1.165) is 32.5 Å². The molecule has 0 atom stereocenters. The van der Waals surface area contributed by atoms with Crippen LogP contribution in [0, 0.1) is 0 Å². The number of likely N-dealkylation sites (N-methyl/N-ethyl adjacent to an activating group) is 1. The second-order valence-electron chi connectivity index (χ2n) is 6.28. The number of ether oxygens (including phenoxy) is 1. The van der Waals surface area contributed by atoms with E-state index >= 15 is 0 Å². The van der Waals surface area contributed by atoms with Crippen molar-refractivity contribution >= 4 is 44.4 Å². The van der Waals surface area contributed by atoms with Crippen LogP contribution in [0.25, 0.3) is 10.2 Å². The number of carbonyl (C=O) groups is 1. The van der Waals surface area contributed by atoms with E-state index in [0.29, 0.717) is 12.3 Å². The molecule has 0 saturated heterocycles. The molecule has 5 nitrogen and oxygen atoms in total.